The molecule has 114 valence electrons. The normalized spacial score (nSPS) is 11.4. The molecule has 0 aliphatic heterocycles. The fourth-order valence-corrected chi connectivity index (χ4v) is 2.76. The highest BCUT2D eigenvalue weighted by atomic mass is 79.9. The molecule has 0 bridgehead atoms. The number of benzene rings is 1. The third-order valence-electron chi connectivity index (χ3n) is 3.28. The Hall–Kier alpha value is -0.540. The van der Waals surface area contributed by atoms with E-state index >= 15 is 0 Å². The van der Waals surface area contributed by atoms with Crippen molar-refractivity contribution in [2.24, 2.45) is 5.92 Å². The maximum absolute atomic E-state index is 3.60. The second kappa shape index (κ2) is 8.68. The molecule has 2 nitrogen and oxygen atoms in total. The van der Waals surface area contributed by atoms with Crippen molar-refractivity contribution in [2.75, 3.05) is 18.0 Å². The summed E-state index contributed by atoms with van der Waals surface area (Å²) in [5.41, 5.74) is 2.74. The summed E-state index contributed by atoms with van der Waals surface area (Å²) in [6, 6.07) is 7.15. The van der Waals surface area contributed by atoms with Crippen molar-refractivity contribution in [3.63, 3.8) is 0 Å². The van der Waals surface area contributed by atoms with Gasteiger partial charge in [-0.1, -0.05) is 36.7 Å². The van der Waals surface area contributed by atoms with E-state index < -0.39 is 0 Å². The molecule has 0 aliphatic rings. The van der Waals surface area contributed by atoms with Crippen molar-refractivity contribution in [1.29, 1.82) is 0 Å². The Morgan fingerprint density at radius 1 is 1.20 bits per heavy atom. The Bertz CT molecular complexity index is 402. The van der Waals surface area contributed by atoms with Crippen LogP contribution in [0.15, 0.2) is 22.7 Å². The first kappa shape index (κ1) is 17.5. The van der Waals surface area contributed by atoms with Gasteiger partial charge in [-0.05, 0) is 56.5 Å². The molecular formula is C17H29BrN2. The van der Waals surface area contributed by atoms with Gasteiger partial charge in [0.15, 0.2) is 0 Å². The molecule has 0 aliphatic carbocycles. The van der Waals surface area contributed by atoms with Crippen LogP contribution in [0.5, 0.6) is 0 Å². The van der Waals surface area contributed by atoms with E-state index in [-0.39, 0.29) is 0 Å². The van der Waals surface area contributed by atoms with E-state index in [1.165, 1.54) is 17.7 Å². The van der Waals surface area contributed by atoms with Gasteiger partial charge in [-0.3, -0.25) is 0 Å². The van der Waals surface area contributed by atoms with Crippen LogP contribution in [0, 0.1) is 5.92 Å². The molecule has 0 atom stereocenters. The maximum Gasteiger partial charge on any atom is 0.0415 e. The second-order valence-electron chi connectivity index (χ2n) is 6.09. The number of rotatable bonds is 8. The van der Waals surface area contributed by atoms with Crippen molar-refractivity contribution in [3.8, 4) is 0 Å². The Morgan fingerprint density at radius 3 is 2.45 bits per heavy atom. The van der Waals surface area contributed by atoms with Gasteiger partial charge >= 0.3 is 0 Å². The molecule has 0 amide bonds. The largest absolute Gasteiger partial charge is 0.369 e. The van der Waals surface area contributed by atoms with Gasteiger partial charge in [0.2, 0.25) is 0 Å². The standard InChI is InChI=1S/C17H29BrN2/c1-6-9-19-11-15-10-16(18)7-8-17(15)20(14(4)5)12-13(2)3/h7-8,10,13-14,19H,6,9,11-12H2,1-5H3. The second-order valence-corrected chi connectivity index (χ2v) is 7.01. The number of hydrogen-bond acceptors (Lipinski definition) is 2. The molecule has 0 radical (unpaired) electrons. The first-order valence-electron chi connectivity index (χ1n) is 7.71. The summed E-state index contributed by atoms with van der Waals surface area (Å²) in [4.78, 5) is 2.51. The van der Waals surface area contributed by atoms with Crippen LogP contribution in [0.2, 0.25) is 0 Å². The summed E-state index contributed by atoms with van der Waals surface area (Å²) in [6.45, 7) is 14.4. The number of hydrogen-bond donors (Lipinski definition) is 1. The van der Waals surface area contributed by atoms with Gasteiger partial charge in [0.1, 0.15) is 0 Å². The molecule has 1 aromatic rings. The predicted molar refractivity (Wildman–Crippen MR) is 93.5 cm³/mol. The third-order valence-corrected chi connectivity index (χ3v) is 3.77. The molecule has 1 rings (SSSR count). The van der Waals surface area contributed by atoms with Crippen LogP contribution in [0.1, 0.15) is 46.6 Å². The molecule has 1 N–H and O–H groups in total. The summed E-state index contributed by atoms with van der Waals surface area (Å²) < 4.78 is 1.16. The lowest BCUT2D eigenvalue weighted by molar-refractivity contribution is 0.567. The van der Waals surface area contributed by atoms with E-state index in [4.69, 9.17) is 0 Å². The van der Waals surface area contributed by atoms with Gasteiger partial charge in [-0.15, -0.1) is 0 Å². The Kier molecular flexibility index (Phi) is 7.60. The highest BCUT2D eigenvalue weighted by molar-refractivity contribution is 9.10. The van der Waals surface area contributed by atoms with E-state index in [0.717, 1.165) is 24.1 Å². The minimum Gasteiger partial charge on any atom is -0.369 e. The van der Waals surface area contributed by atoms with Crippen molar-refractivity contribution in [1.82, 2.24) is 5.32 Å². The first-order valence-corrected chi connectivity index (χ1v) is 8.50. The van der Waals surface area contributed by atoms with Crippen LogP contribution in [-0.2, 0) is 6.54 Å². The lowest BCUT2D eigenvalue weighted by Crippen LogP contribution is -2.35. The van der Waals surface area contributed by atoms with E-state index in [9.17, 15) is 0 Å². The topological polar surface area (TPSA) is 15.3 Å². The van der Waals surface area contributed by atoms with Crippen molar-refractivity contribution < 1.29 is 0 Å². The Balaban J connectivity index is 2.99. The van der Waals surface area contributed by atoms with E-state index in [1.54, 1.807) is 0 Å². The smallest absolute Gasteiger partial charge is 0.0415 e. The van der Waals surface area contributed by atoms with Crippen LogP contribution in [0.3, 0.4) is 0 Å². The zero-order valence-corrected chi connectivity index (χ0v) is 15.1. The zero-order valence-electron chi connectivity index (χ0n) is 13.5. The number of nitrogens with zero attached hydrogens (tertiary/aromatic N) is 1. The summed E-state index contributed by atoms with van der Waals surface area (Å²) >= 11 is 3.60. The molecule has 0 saturated heterocycles. The first-order chi connectivity index (χ1) is 9.45. The minimum atomic E-state index is 0.517. The molecule has 3 heteroatoms. The minimum absolute atomic E-state index is 0.517. The van der Waals surface area contributed by atoms with Gasteiger partial charge in [0, 0.05) is 29.3 Å². The number of anilines is 1. The zero-order chi connectivity index (χ0) is 15.1. The highest BCUT2D eigenvalue weighted by Crippen LogP contribution is 2.27. The lowest BCUT2D eigenvalue weighted by atomic mass is 10.1. The molecule has 0 saturated carbocycles. The van der Waals surface area contributed by atoms with Crippen molar-refractivity contribution in [2.45, 2.75) is 53.6 Å². The van der Waals surface area contributed by atoms with Crippen LogP contribution < -0.4 is 10.2 Å². The maximum atomic E-state index is 3.60. The van der Waals surface area contributed by atoms with E-state index in [0.29, 0.717) is 12.0 Å². The molecule has 0 spiro atoms. The molecule has 0 heterocycles. The SMILES string of the molecule is CCCNCc1cc(Br)ccc1N(CC(C)C)C(C)C. The molecule has 1 aromatic carbocycles. The summed E-state index contributed by atoms with van der Waals surface area (Å²) in [5.74, 6) is 0.664. The summed E-state index contributed by atoms with van der Waals surface area (Å²) in [5, 5.41) is 3.52. The molecule has 20 heavy (non-hydrogen) atoms. The van der Waals surface area contributed by atoms with Crippen LogP contribution >= 0.6 is 15.9 Å². The van der Waals surface area contributed by atoms with Crippen LogP contribution in [0.25, 0.3) is 0 Å². The average Bonchev–Trinajstić information content (AvgIpc) is 2.36. The lowest BCUT2D eigenvalue weighted by Gasteiger charge is -2.32. The fraction of sp³-hybridized carbons (Fsp3) is 0.647. The molecule has 0 aromatic heterocycles. The summed E-state index contributed by atoms with van der Waals surface area (Å²) in [7, 11) is 0. The van der Waals surface area contributed by atoms with Gasteiger partial charge < -0.3 is 10.2 Å². The van der Waals surface area contributed by atoms with Crippen LogP contribution in [-0.4, -0.2) is 19.1 Å². The highest BCUT2D eigenvalue weighted by Gasteiger charge is 2.15. The number of nitrogens with one attached hydrogen (secondary N) is 1. The monoisotopic (exact) mass is 340 g/mol. The van der Waals surface area contributed by atoms with Gasteiger partial charge in [-0.2, -0.15) is 0 Å². The van der Waals surface area contributed by atoms with E-state index in [1.807, 2.05) is 0 Å². The summed E-state index contributed by atoms with van der Waals surface area (Å²) in [6.07, 6.45) is 1.17. The average molecular weight is 341 g/mol. The molecular weight excluding hydrogens is 312 g/mol. The number of halogens is 1. The van der Waals surface area contributed by atoms with E-state index in [2.05, 4.69) is 79.0 Å². The van der Waals surface area contributed by atoms with Gasteiger partial charge in [-0.25, -0.2) is 0 Å². The quantitative estimate of drug-likeness (QED) is 0.682. The van der Waals surface area contributed by atoms with Crippen molar-refractivity contribution >= 4 is 21.6 Å². The Morgan fingerprint density at radius 2 is 1.90 bits per heavy atom. The third kappa shape index (κ3) is 5.45. The molecule has 0 fully saturated rings. The van der Waals surface area contributed by atoms with Crippen LogP contribution in [0.4, 0.5) is 5.69 Å². The Labute approximate surface area is 133 Å². The fourth-order valence-electron chi connectivity index (χ4n) is 2.36. The molecule has 0 unspecified atom stereocenters. The van der Waals surface area contributed by atoms with Crippen molar-refractivity contribution in [3.05, 3.63) is 28.2 Å². The predicted octanol–water partition coefficient (Wildman–Crippen LogP) is 4.82. The van der Waals surface area contributed by atoms with Gasteiger partial charge in [0.25, 0.3) is 0 Å². The van der Waals surface area contributed by atoms with Gasteiger partial charge in [0.05, 0.1) is 0 Å².